The van der Waals surface area contributed by atoms with Gasteiger partial charge in [0.1, 0.15) is 0 Å². The fraction of sp³-hybridized carbons (Fsp3) is 0.889. The normalized spacial score (nSPS) is 10.7. The van der Waals surface area contributed by atoms with Gasteiger partial charge in [0.15, 0.2) is 0 Å². The van der Waals surface area contributed by atoms with Crippen LogP contribution in [0.1, 0.15) is 20.3 Å². The van der Waals surface area contributed by atoms with Gasteiger partial charge in [-0.1, -0.05) is 13.8 Å². The van der Waals surface area contributed by atoms with Crippen molar-refractivity contribution in [2.75, 3.05) is 32.7 Å². The lowest BCUT2D eigenvalue weighted by atomic mass is 10.4. The van der Waals surface area contributed by atoms with Crippen LogP contribution in [0.15, 0.2) is 0 Å². The maximum atomic E-state index is 10.5. The van der Waals surface area contributed by atoms with Crippen molar-refractivity contribution < 1.29 is 9.90 Å². The highest BCUT2D eigenvalue weighted by atomic mass is 16.4. The lowest BCUT2D eigenvalue weighted by Gasteiger charge is -2.19. The van der Waals surface area contributed by atoms with E-state index in [9.17, 15) is 4.79 Å². The molecule has 0 aliphatic carbocycles. The summed E-state index contributed by atoms with van der Waals surface area (Å²) in [5.41, 5.74) is 0. The summed E-state index contributed by atoms with van der Waals surface area (Å²) in [6.07, 6.45) is 0.999. The third-order valence-electron chi connectivity index (χ3n) is 1.75. The van der Waals surface area contributed by atoms with Gasteiger partial charge in [0.2, 0.25) is 0 Å². The van der Waals surface area contributed by atoms with E-state index in [2.05, 4.69) is 12.2 Å². The maximum Gasteiger partial charge on any atom is 0.317 e. The molecule has 78 valence electrons. The quantitative estimate of drug-likeness (QED) is 0.541. The Morgan fingerprint density at radius 1 is 1.38 bits per heavy atom. The molecular formula is C9H20N2O2. The van der Waals surface area contributed by atoms with Gasteiger partial charge in [0, 0.05) is 13.1 Å². The molecule has 2 N–H and O–H groups in total. The van der Waals surface area contributed by atoms with E-state index in [1.165, 1.54) is 0 Å². The lowest BCUT2D eigenvalue weighted by Crippen LogP contribution is -2.36. The Bertz CT molecular complexity index is 140. The highest BCUT2D eigenvalue weighted by molar-refractivity contribution is 5.69. The molecule has 0 fully saturated rings. The molecule has 0 heterocycles. The highest BCUT2D eigenvalue weighted by Crippen LogP contribution is 1.89. The van der Waals surface area contributed by atoms with Crippen LogP contribution in [0.2, 0.25) is 0 Å². The van der Waals surface area contributed by atoms with Crippen molar-refractivity contribution in [3.8, 4) is 0 Å². The second kappa shape index (κ2) is 8.01. The van der Waals surface area contributed by atoms with E-state index in [0.717, 1.165) is 32.6 Å². The number of nitrogens with zero attached hydrogens (tertiary/aromatic N) is 1. The smallest absolute Gasteiger partial charge is 0.317 e. The van der Waals surface area contributed by atoms with Gasteiger partial charge in [-0.15, -0.1) is 0 Å². The molecule has 0 aromatic rings. The molecule has 0 aromatic carbocycles. The second-order valence-electron chi connectivity index (χ2n) is 3.02. The lowest BCUT2D eigenvalue weighted by molar-refractivity contribution is -0.138. The summed E-state index contributed by atoms with van der Waals surface area (Å²) in [7, 11) is 0. The van der Waals surface area contributed by atoms with E-state index >= 15 is 0 Å². The van der Waals surface area contributed by atoms with Gasteiger partial charge in [-0.05, 0) is 19.5 Å². The minimum absolute atomic E-state index is 0.152. The molecule has 0 saturated carbocycles. The van der Waals surface area contributed by atoms with Crippen LogP contribution >= 0.6 is 0 Å². The number of hydrogen-bond donors (Lipinski definition) is 2. The van der Waals surface area contributed by atoms with Crippen LogP contribution in [-0.4, -0.2) is 48.7 Å². The number of nitrogens with one attached hydrogen (secondary N) is 1. The summed E-state index contributed by atoms with van der Waals surface area (Å²) >= 11 is 0. The van der Waals surface area contributed by atoms with E-state index in [4.69, 9.17) is 5.11 Å². The Morgan fingerprint density at radius 3 is 2.54 bits per heavy atom. The number of carboxylic acids is 1. The molecule has 0 bridgehead atoms. The van der Waals surface area contributed by atoms with Crippen molar-refractivity contribution in [3.63, 3.8) is 0 Å². The van der Waals surface area contributed by atoms with Crippen LogP contribution in [-0.2, 0) is 4.79 Å². The summed E-state index contributed by atoms with van der Waals surface area (Å²) in [5.74, 6) is -0.745. The maximum absolute atomic E-state index is 10.5. The van der Waals surface area contributed by atoms with Crippen LogP contribution in [0.5, 0.6) is 0 Å². The molecule has 13 heavy (non-hydrogen) atoms. The molecule has 4 nitrogen and oxygen atoms in total. The van der Waals surface area contributed by atoms with Gasteiger partial charge in [0.05, 0.1) is 6.54 Å². The fourth-order valence-corrected chi connectivity index (χ4v) is 1.19. The summed E-state index contributed by atoms with van der Waals surface area (Å²) < 4.78 is 0. The average molecular weight is 188 g/mol. The van der Waals surface area contributed by atoms with Crippen LogP contribution in [0.25, 0.3) is 0 Å². The van der Waals surface area contributed by atoms with E-state index < -0.39 is 5.97 Å². The van der Waals surface area contributed by atoms with E-state index in [1.807, 2.05) is 11.8 Å². The van der Waals surface area contributed by atoms with Gasteiger partial charge in [-0.3, -0.25) is 9.69 Å². The van der Waals surface area contributed by atoms with Gasteiger partial charge in [-0.25, -0.2) is 0 Å². The molecule has 0 unspecified atom stereocenters. The van der Waals surface area contributed by atoms with E-state index in [1.54, 1.807) is 0 Å². The summed E-state index contributed by atoms with van der Waals surface area (Å²) in [6, 6.07) is 0. The third-order valence-corrected chi connectivity index (χ3v) is 1.75. The summed E-state index contributed by atoms with van der Waals surface area (Å²) in [6.45, 7) is 7.73. The molecule has 0 amide bonds. The SMILES string of the molecule is CCCN(CCNCC)CC(=O)O. The number of rotatable bonds is 8. The topological polar surface area (TPSA) is 52.6 Å². The third kappa shape index (κ3) is 7.74. The molecule has 0 atom stereocenters. The first-order chi connectivity index (χ1) is 6.20. The second-order valence-corrected chi connectivity index (χ2v) is 3.02. The molecule has 0 radical (unpaired) electrons. The monoisotopic (exact) mass is 188 g/mol. The van der Waals surface area contributed by atoms with Crippen LogP contribution in [0.3, 0.4) is 0 Å². The molecule has 0 saturated heterocycles. The Morgan fingerprint density at radius 2 is 2.08 bits per heavy atom. The molecule has 0 aliphatic rings. The molecule has 0 aliphatic heterocycles. The molecule has 0 rings (SSSR count). The van der Waals surface area contributed by atoms with Gasteiger partial charge in [0.25, 0.3) is 0 Å². The first kappa shape index (κ1) is 12.4. The van der Waals surface area contributed by atoms with Gasteiger partial charge < -0.3 is 10.4 Å². The molecule has 0 spiro atoms. The Kier molecular flexibility index (Phi) is 7.63. The minimum atomic E-state index is -0.745. The Balaban J connectivity index is 3.59. The predicted octanol–water partition coefficient (Wildman–Crippen LogP) is 0.393. The Labute approximate surface area is 79.9 Å². The zero-order chi connectivity index (χ0) is 10.1. The van der Waals surface area contributed by atoms with Crippen LogP contribution < -0.4 is 5.32 Å². The average Bonchev–Trinajstić information content (AvgIpc) is 2.04. The van der Waals surface area contributed by atoms with Crippen molar-refractivity contribution in [1.29, 1.82) is 0 Å². The number of carbonyl (C=O) groups is 1. The van der Waals surface area contributed by atoms with Crippen molar-refractivity contribution in [3.05, 3.63) is 0 Å². The zero-order valence-electron chi connectivity index (χ0n) is 8.55. The minimum Gasteiger partial charge on any atom is -0.480 e. The van der Waals surface area contributed by atoms with Crippen LogP contribution in [0.4, 0.5) is 0 Å². The molecule has 4 heteroatoms. The first-order valence-electron chi connectivity index (χ1n) is 4.85. The van der Waals surface area contributed by atoms with Gasteiger partial charge >= 0.3 is 5.97 Å². The summed E-state index contributed by atoms with van der Waals surface area (Å²) in [4.78, 5) is 12.4. The fourth-order valence-electron chi connectivity index (χ4n) is 1.19. The highest BCUT2D eigenvalue weighted by Gasteiger charge is 2.06. The number of carboxylic acid groups (broad SMARTS) is 1. The standard InChI is InChI=1S/C9H20N2O2/c1-3-6-11(8-9(12)13)7-5-10-4-2/h10H,3-8H2,1-2H3,(H,12,13). The van der Waals surface area contributed by atoms with Crippen molar-refractivity contribution in [2.24, 2.45) is 0 Å². The first-order valence-corrected chi connectivity index (χ1v) is 4.85. The number of hydrogen-bond acceptors (Lipinski definition) is 3. The number of aliphatic carboxylic acids is 1. The zero-order valence-corrected chi connectivity index (χ0v) is 8.55. The van der Waals surface area contributed by atoms with Crippen molar-refractivity contribution >= 4 is 5.97 Å². The van der Waals surface area contributed by atoms with Crippen LogP contribution in [0, 0.1) is 0 Å². The van der Waals surface area contributed by atoms with E-state index in [0.29, 0.717) is 0 Å². The van der Waals surface area contributed by atoms with E-state index in [-0.39, 0.29) is 6.54 Å². The number of likely N-dealkylation sites (N-methyl/N-ethyl adjacent to an activating group) is 1. The van der Waals surface area contributed by atoms with Crippen molar-refractivity contribution in [2.45, 2.75) is 20.3 Å². The largest absolute Gasteiger partial charge is 0.480 e. The summed E-state index contributed by atoms with van der Waals surface area (Å²) in [5, 5.41) is 11.8. The van der Waals surface area contributed by atoms with Gasteiger partial charge in [-0.2, -0.15) is 0 Å². The Hall–Kier alpha value is -0.610. The van der Waals surface area contributed by atoms with Crippen molar-refractivity contribution in [1.82, 2.24) is 10.2 Å². The molecular weight excluding hydrogens is 168 g/mol. The predicted molar refractivity (Wildman–Crippen MR) is 52.9 cm³/mol. The molecule has 0 aromatic heterocycles.